The Hall–Kier alpha value is -3.20. The Labute approximate surface area is 177 Å². The van der Waals surface area contributed by atoms with Crippen molar-refractivity contribution in [1.82, 2.24) is 14.8 Å². The number of amides is 1. The monoisotopic (exact) mass is 430 g/mol. The Balaban J connectivity index is 1.67. The van der Waals surface area contributed by atoms with E-state index in [-0.39, 0.29) is 5.91 Å². The van der Waals surface area contributed by atoms with E-state index in [2.05, 4.69) is 15.5 Å². The molecule has 6 nitrogen and oxygen atoms in total. The van der Waals surface area contributed by atoms with Crippen LogP contribution in [0.3, 0.4) is 0 Å². The molecule has 1 aliphatic rings. The third kappa shape index (κ3) is 4.18. The number of nitrogens with zero attached hydrogens (tertiary/aromatic N) is 3. The molecule has 0 spiro atoms. The lowest BCUT2D eigenvalue weighted by Crippen LogP contribution is -2.45. The van der Waals surface area contributed by atoms with Gasteiger partial charge in [-0.2, -0.15) is 13.2 Å². The molecule has 1 aromatic heterocycles. The van der Waals surface area contributed by atoms with Gasteiger partial charge in [0.2, 0.25) is 5.91 Å². The fourth-order valence-electron chi connectivity index (χ4n) is 3.89. The van der Waals surface area contributed by atoms with Gasteiger partial charge in [-0.25, -0.2) is 0 Å². The van der Waals surface area contributed by atoms with Crippen molar-refractivity contribution < 1.29 is 22.7 Å². The van der Waals surface area contributed by atoms with Crippen LogP contribution in [0, 0.1) is 0 Å². The number of aryl methyl sites for hydroxylation is 1. The Morgan fingerprint density at radius 1 is 1.13 bits per heavy atom. The van der Waals surface area contributed by atoms with Gasteiger partial charge in [-0.1, -0.05) is 30.3 Å². The van der Waals surface area contributed by atoms with Crippen molar-refractivity contribution >= 4 is 11.6 Å². The van der Waals surface area contributed by atoms with Crippen LogP contribution in [-0.2, 0) is 28.2 Å². The van der Waals surface area contributed by atoms with E-state index in [4.69, 9.17) is 4.74 Å². The summed E-state index contributed by atoms with van der Waals surface area (Å²) >= 11 is 0. The molecule has 3 aromatic rings. The highest BCUT2D eigenvalue weighted by Gasteiger charge is 2.43. The Morgan fingerprint density at radius 2 is 1.87 bits per heavy atom. The number of alkyl halides is 3. The second-order valence-corrected chi connectivity index (χ2v) is 7.57. The Kier molecular flexibility index (Phi) is 5.53. The molecule has 162 valence electrons. The van der Waals surface area contributed by atoms with Gasteiger partial charge >= 0.3 is 6.18 Å². The van der Waals surface area contributed by atoms with E-state index in [1.54, 1.807) is 35.2 Å². The van der Waals surface area contributed by atoms with Gasteiger partial charge in [0.25, 0.3) is 0 Å². The molecule has 9 heteroatoms. The molecule has 0 radical (unpaired) electrons. The summed E-state index contributed by atoms with van der Waals surface area (Å²) in [4.78, 5) is 13.4. The van der Waals surface area contributed by atoms with E-state index in [0.29, 0.717) is 43.1 Å². The van der Waals surface area contributed by atoms with Crippen molar-refractivity contribution in [3.05, 3.63) is 66.0 Å². The molecule has 0 atom stereocenters. The lowest BCUT2D eigenvalue weighted by atomic mass is 9.73. The maximum atomic E-state index is 13.4. The summed E-state index contributed by atoms with van der Waals surface area (Å²) in [5, 5.41) is 10.8. The van der Waals surface area contributed by atoms with Crippen LogP contribution < -0.4 is 5.32 Å². The smallest absolute Gasteiger partial charge is 0.381 e. The number of carbonyl (C=O) groups is 1. The third-order valence-electron chi connectivity index (χ3n) is 5.61. The number of nitrogens with one attached hydrogen (secondary N) is 1. The number of aromatic nitrogens is 3. The number of ether oxygens (including phenoxy) is 1. The van der Waals surface area contributed by atoms with Crippen LogP contribution in [0.2, 0.25) is 0 Å². The van der Waals surface area contributed by atoms with E-state index in [1.165, 1.54) is 6.07 Å². The van der Waals surface area contributed by atoms with Crippen molar-refractivity contribution in [3.8, 4) is 11.4 Å². The first-order valence-electron chi connectivity index (χ1n) is 9.81. The average molecular weight is 430 g/mol. The number of halogens is 3. The van der Waals surface area contributed by atoms with Gasteiger partial charge in [0, 0.05) is 31.5 Å². The van der Waals surface area contributed by atoms with Crippen LogP contribution in [0.15, 0.2) is 54.9 Å². The van der Waals surface area contributed by atoms with Gasteiger partial charge in [-0.3, -0.25) is 4.79 Å². The first kappa shape index (κ1) is 21.0. The van der Waals surface area contributed by atoms with Crippen LogP contribution in [0.5, 0.6) is 0 Å². The summed E-state index contributed by atoms with van der Waals surface area (Å²) < 4.78 is 47.0. The summed E-state index contributed by atoms with van der Waals surface area (Å²) in [6, 6.07) is 12.1. The minimum Gasteiger partial charge on any atom is -0.381 e. The van der Waals surface area contributed by atoms with E-state index in [9.17, 15) is 18.0 Å². The molecule has 2 aromatic carbocycles. The SMILES string of the molecule is Cn1cnnc1-c1cccc(NC(=O)C2(c3cccc(C(F)(F)F)c3)CCOCC2)c1. The van der Waals surface area contributed by atoms with E-state index >= 15 is 0 Å². The van der Waals surface area contributed by atoms with Gasteiger partial charge in [-0.05, 0) is 36.6 Å². The molecule has 0 saturated carbocycles. The number of hydrogen-bond acceptors (Lipinski definition) is 4. The summed E-state index contributed by atoms with van der Waals surface area (Å²) in [5.41, 5.74) is -0.248. The average Bonchev–Trinajstić information content (AvgIpc) is 3.20. The summed E-state index contributed by atoms with van der Waals surface area (Å²) in [5.74, 6) is 0.278. The van der Waals surface area contributed by atoms with Crippen molar-refractivity contribution in [1.29, 1.82) is 0 Å². The minimum atomic E-state index is -4.48. The number of benzene rings is 2. The van der Waals surface area contributed by atoms with Crippen molar-refractivity contribution in [2.24, 2.45) is 7.05 Å². The second-order valence-electron chi connectivity index (χ2n) is 7.57. The summed E-state index contributed by atoms with van der Waals surface area (Å²) in [6.45, 7) is 0.589. The highest BCUT2D eigenvalue weighted by atomic mass is 19.4. The van der Waals surface area contributed by atoms with E-state index < -0.39 is 17.2 Å². The highest BCUT2D eigenvalue weighted by Crippen LogP contribution is 2.39. The fourth-order valence-corrected chi connectivity index (χ4v) is 3.89. The zero-order chi connectivity index (χ0) is 22.1. The molecule has 1 amide bonds. The molecule has 0 bridgehead atoms. The minimum absolute atomic E-state index is 0.294. The quantitative estimate of drug-likeness (QED) is 0.674. The summed E-state index contributed by atoms with van der Waals surface area (Å²) in [6.07, 6.45) is -2.32. The van der Waals surface area contributed by atoms with Crippen LogP contribution >= 0.6 is 0 Å². The molecule has 1 aliphatic heterocycles. The number of rotatable bonds is 4. The van der Waals surface area contributed by atoms with Crippen LogP contribution in [-0.4, -0.2) is 33.9 Å². The third-order valence-corrected chi connectivity index (χ3v) is 5.61. The van der Waals surface area contributed by atoms with Gasteiger partial charge in [0.1, 0.15) is 6.33 Å². The van der Waals surface area contributed by atoms with E-state index in [1.807, 2.05) is 13.1 Å². The normalized spacial score (nSPS) is 16.1. The maximum absolute atomic E-state index is 13.4. The first-order valence-corrected chi connectivity index (χ1v) is 9.81. The van der Waals surface area contributed by atoms with Crippen molar-refractivity contribution in [2.75, 3.05) is 18.5 Å². The predicted octanol–water partition coefficient (Wildman–Crippen LogP) is 4.19. The molecular weight excluding hydrogens is 409 g/mol. The van der Waals surface area contributed by atoms with E-state index in [0.717, 1.165) is 17.7 Å². The largest absolute Gasteiger partial charge is 0.416 e. The molecular formula is C22H21F3N4O2. The van der Waals surface area contributed by atoms with Crippen LogP contribution in [0.25, 0.3) is 11.4 Å². The first-order chi connectivity index (χ1) is 14.8. The molecule has 2 heterocycles. The lowest BCUT2D eigenvalue weighted by Gasteiger charge is -2.36. The molecule has 31 heavy (non-hydrogen) atoms. The van der Waals surface area contributed by atoms with Crippen LogP contribution in [0.4, 0.5) is 18.9 Å². The zero-order valence-corrected chi connectivity index (χ0v) is 16.8. The van der Waals surface area contributed by atoms with Gasteiger partial charge in [-0.15, -0.1) is 10.2 Å². The molecule has 0 aliphatic carbocycles. The predicted molar refractivity (Wildman–Crippen MR) is 108 cm³/mol. The lowest BCUT2D eigenvalue weighted by molar-refractivity contribution is -0.138. The number of anilines is 1. The standard InChI is InChI=1S/C22H21F3N4O2/c1-29-14-26-28-19(29)15-4-2-7-18(12-15)27-20(30)21(8-10-31-11-9-21)16-5-3-6-17(13-16)22(23,24)25/h2-7,12-14H,8-11H2,1H3,(H,27,30). The fraction of sp³-hybridized carbons (Fsp3) is 0.318. The zero-order valence-electron chi connectivity index (χ0n) is 16.8. The Morgan fingerprint density at radius 3 is 2.55 bits per heavy atom. The maximum Gasteiger partial charge on any atom is 0.416 e. The topological polar surface area (TPSA) is 69.0 Å². The highest BCUT2D eigenvalue weighted by molar-refractivity contribution is 5.99. The summed E-state index contributed by atoms with van der Waals surface area (Å²) in [7, 11) is 1.81. The number of carbonyl (C=O) groups excluding carboxylic acids is 1. The Bertz CT molecular complexity index is 1090. The second kappa shape index (κ2) is 8.14. The molecule has 4 rings (SSSR count). The molecule has 1 N–H and O–H groups in total. The van der Waals surface area contributed by atoms with Crippen molar-refractivity contribution in [3.63, 3.8) is 0 Å². The molecule has 0 unspecified atom stereocenters. The van der Waals surface area contributed by atoms with Crippen molar-refractivity contribution in [2.45, 2.75) is 24.4 Å². The molecule has 1 saturated heterocycles. The van der Waals surface area contributed by atoms with Crippen LogP contribution in [0.1, 0.15) is 24.0 Å². The van der Waals surface area contributed by atoms with Gasteiger partial charge in [0.15, 0.2) is 5.82 Å². The number of hydrogen-bond donors (Lipinski definition) is 1. The molecule has 1 fully saturated rings. The van der Waals surface area contributed by atoms with Gasteiger partial charge in [0.05, 0.1) is 11.0 Å². The van der Waals surface area contributed by atoms with Gasteiger partial charge < -0.3 is 14.6 Å².